The fourth-order valence-electron chi connectivity index (χ4n) is 2.03. The van der Waals surface area contributed by atoms with Gasteiger partial charge in [-0.2, -0.15) is 0 Å². The van der Waals surface area contributed by atoms with Crippen LogP contribution >= 0.6 is 24.0 Å². The molecule has 0 saturated carbocycles. The molecule has 4 heteroatoms. The van der Waals surface area contributed by atoms with Gasteiger partial charge in [0.25, 0.3) is 0 Å². The summed E-state index contributed by atoms with van der Waals surface area (Å²) in [4.78, 5) is 2.23. The number of halogens is 2. The van der Waals surface area contributed by atoms with Crippen LogP contribution in [0.1, 0.15) is 12.0 Å². The molecule has 1 N–H and O–H groups in total. The molecule has 0 bridgehead atoms. The number of benzene rings is 2. The normalized spacial score (nSPS) is 9.90. The predicted octanol–water partition coefficient (Wildman–Crippen LogP) is 4.15. The van der Waals surface area contributed by atoms with Crippen LogP contribution in [0.3, 0.4) is 0 Å². The second-order valence-electron chi connectivity index (χ2n) is 4.43. The van der Waals surface area contributed by atoms with Crippen molar-refractivity contribution in [3.63, 3.8) is 0 Å². The fourth-order valence-corrected chi connectivity index (χ4v) is 2.23. The Labute approximate surface area is 131 Å². The van der Waals surface area contributed by atoms with E-state index in [1.807, 2.05) is 42.5 Å². The molecular weight excluding hydrogens is 293 g/mol. The van der Waals surface area contributed by atoms with Crippen molar-refractivity contribution in [2.24, 2.45) is 0 Å². The van der Waals surface area contributed by atoms with Crippen molar-refractivity contribution in [3.8, 4) is 0 Å². The molecule has 108 valence electrons. The minimum absolute atomic E-state index is 0. The number of hydrogen-bond acceptors (Lipinski definition) is 2. The van der Waals surface area contributed by atoms with E-state index in [0.29, 0.717) is 0 Å². The lowest BCUT2D eigenvalue weighted by atomic mass is 10.2. The van der Waals surface area contributed by atoms with E-state index in [4.69, 9.17) is 16.7 Å². The van der Waals surface area contributed by atoms with Gasteiger partial charge in [-0.15, -0.1) is 12.4 Å². The van der Waals surface area contributed by atoms with Gasteiger partial charge in [-0.1, -0.05) is 48.0 Å². The first kappa shape index (κ1) is 16.8. The molecule has 0 amide bonds. The van der Waals surface area contributed by atoms with Crippen molar-refractivity contribution in [1.82, 2.24) is 0 Å². The van der Waals surface area contributed by atoms with Crippen molar-refractivity contribution in [1.29, 1.82) is 0 Å². The highest BCUT2D eigenvalue weighted by Crippen LogP contribution is 2.21. The number of hydrogen-bond donors (Lipinski definition) is 1. The van der Waals surface area contributed by atoms with Crippen LogP contribution < -0.4 is 4.90 Å². The zero-order valence-electron chi connectivity index (χ0n) is 11.2. The van der Waals surface area contributed by atoms with Crippen LogP contribution in [0.2, 0.25) is 5.02 Å². The van der Waals surface area contributed by atoms with Gasteiger partial charge in [-0.05, 0) is 30.2 Å². The van der Waals surface area contributed by atoms with Crippen molar-refractivity contribution in [3.05, 3.63) is 65.2 Å². The Hall–Kier alpha value is -1.22. The molecule has 2 aromatic carbocycles. The Balaban J connectivity index is 0.00000200. The minimum Gasteiger partial charge on any atom is -0.396 e. The topological polar surface area (TPSA) is 23.5 Å². The van der Waals surface area contributed by atoms with E-state index in [2.05, 4.69) is 17.0 Å². The average molecular weight is 312 g/mol. The summed E-state index contributed by atoms with van der Waals surface area (Å²) in [6.07, 6.45) is 0.749. The molecule has 0 saturated heterocycles. The van der Waals surface area contributed by atoms with E-state index in [9.17, 15) is 0 Å². The number of aliphatic hydroxyl groups is 1. The minimum atomic E-state index is 0. The summed E-state index contributed by atoms with van der Waals surface area (Å²) < 4.78 is 0. The number of nitrogens with zero attached hydrogens (tertiary/aromatic N) is 1. The van der Waals surface area contributed by atoms with Crippen LogP contribution in [0.5, 0.6) is 0 Å². The average Bonchev–Trinajstić information content (AvgIpc) is 2.46. The van der Waals surface area contributed by atoms with Gasteiger partial charge >= 0.3 is 0 Å². The van der Waals surface area contributed by atoms with Gasteiger partial charge in [0.2, 0.25) is 0 Å². The third kappa shape index (κ3) is 4.71. The van der Waals surface area contributed by atoms with Gasteiger partial charge < -0.3 is 10.0 Å². The van der Waals surface area contributed by atoms with Crippen LogP contribution in [0, 0.1) is 0 Å². The summed E-state index contributed by atoms with van der Waals surface area (Å²) in [6, 6.07) is 18.1. The van der Waals surface area contributed by atoms with Gasteiger partial charge in [0.05, 0.1) is 0 Å². The van der Waals surface area contributed by atoms with Crippen molar-refractivity contribution in [2.75, 3.05) is 18.1 Å². The standard InChI is InChI=1S/C16H18ClNO.ClH/c17-16-10-5-4-7-14(16)13-18(11-6-12-19)15-8-2-1-3-9-15;/h1-5,7-10,19H,6,11-13H2;1H. The molecule has 2 nitrogen and oxygen atoms in total. The molecule has 0 spiro atoms. The Morgan fingerprint density at radius 3 is 2.25 bits per heavy atom. The molecule has 0 aliphatic rings. The zero-order chi connectivity index (χ0) is 13.5. The largest absolute Gasteiger partial charge is 0.396 e. The monoisotopic (exact) mass is 311 g/mol. The van der Waals surface area contributed by atoms with Gasteiger partial charge in [0, 0.05) is 30.4 Å². The Morgan fingerprint density at radius 2 is 1.60 bits per heavy atom. The quantitative estimate of drug-likeness (QED) is 0.866. The first-order valence-corrected chi connectivity index (χ1v) is 6.83. The molecule has 0 unspecified atom stereocenters. The Kier molecular flexibility index (Phi) is 7.45. The maximum absolute atomic E-state index is 9.03. The molecule has 0 aliphatic heterocycles. The van der Waals surface area contributed by atoms with E-state index in [1.54, 1.807) is 0 Å². The van der Waals surface area contributed by atoms with Crippen molar-refractivity contribution < 1.29 is 5.11 Å². The van der Waals surface area contributed by atoms with Gasteiger partial charge in [-0.3, -0.25) is 0 Å². The highest BCUT2D eigenvalue weighted by molar-refractivity contribution is 6.31. The molecule has 0 atom stereocenters. The lowest BCUT2D eigenvalue weighted by Gasteiger charge is -2.25. The number of rotatable bonds is 6. The van der Waals surface area contributed by atoms with Crippen LogP contribution in [-0.4, -0.2) is 18.3 Å². The van der Waals surface area contributed by atoms with Gasteiger partial charge in [0.1, 0.15) is 0 Å². The molecule has 0 radical (unpaired) electrons. The highest BCUT2D eigenvalue weighted by atomic mass is 35.5. The number of para-hydroxylation sites is 1. The van der Waals surface area contributed by atoms with Crippen LogP contribution in [0.25, 0.3) is 0 Å². The van der Waals surface area contributed by atoms with Gasteiger partial charge in [0.15, 0.2) is 0 Å². The molecule has 2 aromatic rings. The summed E-state index contributed by atoms with van der Waals surface area (Å²) in [5, 5.41) is 9.81. The first-order valence-electron chi connectivity index (χ1n) is 6.45. The van der Waals surface area contributed by atoms with Crippen LogP contribution in [0.4, 0.5) is 5.69 Å². The predicted molar refractivity (Wildman–Crippen MR) is 87.9 cm³/mol. The molecule has 0 heterocycles. The molecule has 0 aromatic heterocycles. The molecule has 20 heavy (non-hydrogen) atoms. The Morgan fingerprint density at radius 1 is 0.950 bits per heavy atom. The lowest BCUT2D eigenvalue weighted by Crippen LogP contribution is -2.24. The van der Waals surface area contributed by atoms with Crippen molar-refractivity contribution >= 4 is 29.7 Å². The van der Waals surface area contributed by atoms with Gasteiger partial charge in [-0.25, -0.2) is 0 Å². The van der Waals surface area contributed by atoms with E-state index in [1.165, 1.54) is 0 Å². The number of anilines is 1. The molecule has 2 rings (SSSR count). The Bertz CT molecular complexity index is 505. The van der Waals surface area contributed by atoms with E-state index in [-0.39, 0.29) is 19.0 Å². The van der Waals surface area contributed by atoms with E-state index < -0.39 is 0 Å². The maximum Gasteiger partial charge on any atom is 0.0455 e. The second-order valence-corrected chi connectivity index (χ2v) is 4.83. The summed E-state index contributed by atoms with van der Waals surface area (Å²) in [7, 11) is 0. The van der Waals surface area contributed by atoms with Crippen molar-refractivity contribution in [2.45, 2.75) is 13.0 Å². The van der Waals surface area contributed by atoms with E-state index >= 15 is 0 Å². The summed E-state index contributed by atoms with van der Waals surface area (Å²) in [5.74, 6) is 0. The number of aliphatic hydroxyl groups excluding tert-OH is 1. The van der Waals surface area contributed by atoms with E-state index in [0.717, 1.165) is 35.8 Å². The second kappa shape index (κ2) is 8.85. The third-order valence-corrected chi connectivity index (χ3v) is 3.40. The molecule has 0 fully saturated rings. The summed E-state index contributed by atoms with van der Waals surface area (Å²) >= 11 is 6.21. The smallest absolute Gasteiger partial charge is 0.0455 e. The lowest BCUT2D eigenvalue weighted by molar-refractivity contribution is 0.289. The summed E-state index contributed by atoms with van der Waals surface area (Å²) in [6.45, 7) is 1.77. The fraction of sp³-hybridized carbons (Fsp3) is 0.250. The zero-order valence-corrected chi connectivity index (χ0v) is 12.8. The summed E-state index contributed by atoms with van der Waals surface area (Å²) in [5.41, 5.74) is 2.25. The highest BCUT2D eigenvalue weighted by Gasteiger charge is 2.08. The van der Waals surface area contributed by atoms with Crippen LogP contribution in [-0.2, 0) is 6.54 Å². The molecule has 0 aliphatic carbocycles. The molecular formula is C16H19Cl2NO. The maximum atomic E-state index is 9.03. The SMILES string of the molecule is Cl.OCCCN(Cc1ccccc1Cl)c1ccccc1. The third-order valence-electron chi connectivity index (χ3n) is 3.03. The van der Waals surface area contributed by atoms with Crippen LogP contribution in [0.15, 0.2) is 54.6 Å². The first-order chi connectivity index (χ1) is 9.31.